The van der Waals surface area contributed by atoms with Crippen LogP contribution in [0.2, 0.25) is 0 Å². The Morgan fingerprint density at radius 3 is 2.90 bits per heavy atom. The monoisotopic (exact) mass is 292 g/mol. The minimum atomic E-state index is -0.306. The molecule has 2 heterocycles. The number of aryl methyl sites for hydroxylation is 1. The van der Waals surface area contributed by atoms with E-state index in [1.54, 1.807) is 6.07 Å². The number of hydrazine groups is 1. The third kappa shape index (κ3) is 3.51. The molecular weight excluding hydrogens is 268 g/mol. The van der Waals surface area contributed by atoms with Crippen LogP contribution in [0.5, 0.6) is 0 Å². The van der Waals surface area contributed by atoms with Crippen LogP contribution in [-0.4, -0.2) is 41.1 Å². The van der Waals surface area contributed by atoms with Crippen molar-refractivity contribution >= 4 is 11.7 Å². The lowest BCUT2D eigenvalue weighted by Crippen LogP contribution is -2.55. The molecule has 1 amide bonds. The fourth-order valence-corrected chi connectivity index (χ4v) is 2.56. The summed E-state index contributed by atoms with van der Waals surface area (Å²) in [5.74, 6) is 5.98. The number of rotatable bonds is 4. The van der Waals surface area contributed by atoms with E-state index in [0.29, 0.717) is 31.1 Å². The molecule has 0 spiro atoms. The van der Waals surface area contributed by atoms with Crippen molar-refractivity contribution in [1.82, 2.24) is 9.88 Å². The van der Waals surface area contributed by atoms with Crippen molar-refractivity contribution in [2.24, 2.45) is 5.84 Å². The van der Waals surface area contributed by atoms with E-state index >= 15 is 0 Å². The first kappa shape index (κ1) is 15.7. The van der Waals surface area contributed by atoms with Crippen molar-refractivity contribution in [3.8, 4) is 0 Å². The molecule has 0 saturated carbocycles. The Hall–Kier alpha value is -1.66. The van der Waals surface area contributed by atoms with Crippen LogP contribution in [0.4, 0.5) is 5.82 Å². The summed E-state index contributed by atoms with van der Waals surface area (Å²) in [6, 6.07) is 3.56. The normalized spacial score (nSPS) is 17.6. The maximum absolute atomic E-state index is 12.8. The van der Waals surface area contributed by atoms with Crippen LogP contribution in [-0.2, 0) is 11.2 Å². The van der Waals surface area contributed by atoms with Crippen LogP contribution in [0, 0.1) is 0 Å². The summed E-state index contributed by atoms with van der Waals surface area (Å²) < 4.78 is 5.47. The number of morpholine rings is 1. The standard InChI is InChI=1S/C15H24N4O2/c1-4-5-12-8-11(9-13(17-12)18-16)14(20)19-6-7-21-10-15(19,2)3/h8-9H,4-7,10,16H2,1-3H3,(H,17,18). The quantitative estimate of drug-likeness (QED) is 0.650. The van der Waals surface area contributed by atoms with Gasteiger partial charge in [0.2, 0.25) is 0 Å². The highest BCUT2D eigenvalue weighted by Gasteiger charge is 2.34. The number of anilines is 1. The molecule has 2 rings (SSSR count). The third-order valence-corrected chi connectivity index (χ3v) is 3.67. The molecular formula is C15H24N4O2. The third-order valence-electron chi connectivity index (χ3n) is 3.67. The van der Waals surface area contributed by atoms with E-state index in [0.717, 1.165) is 18.5 Å². The fraction of sp³-hybridized carbons (Fsp3) is 0.600. The molecule has 1 aliphatic heterocycles. The van der Waals surface area contributed by atoms with Crippen LogP contribution in [0.1, 0.15) is 43.2 Å². The summed E-state index contributed by atoms with van der Waals surface area (Å²) in [7, 11) is 0. The van der Waals surface area contributed by atoms with Crippen molar-refractivity contribution < 1.29 is 9.53 Å². The Morgan fingerprint density at radius 2 is 2.29 bits per heavy atom. The van der Waals surface area contributed by atoms with E-state index in [9.17, 15) is 4.79 Å². The van der Waals surface area contributed by atoms with E-state index in [1.165, 1.54) is 0 Å². The van der Waals surface area contributed by atoms with Gasteiger partial charge in [-0.25, -0.2) is 10.8 Å². The summed E-state index contributed by atoms with van der Waals surface area (Å²) in [6.45, 7) is 7.83. The number of aromatic nitrogens is 1. The highest BCUT2D eigenvalue weighted by molar-refractivity contribution is 5.95. The second-order valence-corrected chi connectivity index (χ2v) is 5.95. The van der Waals surface area contributed by atoms with Crippen molar-refractivity contribution in [1.29, 1.82) is 0 Å². The summed E-state index contributed by atoms with van der Waals surface area (Å²) in [5.41, 5.74) is 3.73. The highest BCUT2D eigenvalue weighted by Crippen LogP contribution is 2.23. The fourth-order valence-electron chi connectivity index (χ4n) is 2.56. The number of hydrogen-bond donors (Lipinski definition) is 2. The van der Waals surface area contributed by atoms with E-state index in [1.807, 2.05) is 24.8 Å². The molecule has 0 bridgehead atoms. The second kappa shape index (κ2) is 6.41. The molecule has 1 fully saturated rings. The number of carbonyl (C=O) groups excluding carboxylic acids is 1. The number of nitrogens with one attached hydrogen (secondary N) is 1. The molecule has 6 heteroatoms. The molecule has 0 aromatic carbocycles. The maximum atomic E-state index is 12.8. The highest BCUT2D eigenvalue weighted by atomic mass is 16.5. The number of pyridine rings is 1. The van der Waals surface area contributed by atoms with E-state index < -0.39 is 0 Å². The zero-order valence-electron chi connectivity index (χ0n) is 13.0. The molecule has 116 valence electrons. The van der Waals surface area contributed by atoms with Gasteiger partial charge >= 0.3 is 0 Å². The van der Waals surface area contributed by atoms with Gasteiger partial charge in [-0.15, -0.1) is 0 Å². The predicted molar refractivity (Wildman–Crippen MR) is 82.0 cm³/mol. The molecule has 1 aliphatic rings. The lowest BCUT2D eigenvalue weighted by atomic mass is 10.0. The SMILES string of the molecule is CCCc1cc(C(=O)N2CCOCC2(C)C)cc(NN)n1. The first-order chi connectivity index (χ1) is 9.97. The van der Waals surface area contributed by atoms with Crippen molar-refractivity contribution in [2.45, 2.75) is 39.2 Å². The minimum Gasteiger partial charge on any atom is -0.377 e. The van der Waals surface area contributed by atoms with Gasteiger partial charge in [-0.2, -0.15) is 0 Å². The molecule has 0 unspecified atom stereocenters. The zero-order chi connectivity index (χ0) is 15.5. The minimum absolute atomic E-state index is 0.000414. The topological polar surface area (TPSA) is 80.5 Å². The Kier molecular flexibility index (Phi) is 4.80. The van der Waals surface area contributed by atoms with Gasteiger partial charge in [0, 0.05) is 17.8 Å². The van der Waals surface area contributed by atoms with Gasteiger partial charge in [-0.3, -0.25) is 4.79 Å². The van der Waals surface area contributed by atoms with Crippen molar-refractivity contribution in [2.75, 3.05) is 25.2 Å². The molecule has 0 aliphatic carbocycles. The number of hydrogen-bond acceptors (Lipinski definition) is 5. The molecule has 3 N–H and O–H groups in total. The van der Waals surface area contributed by atoms with E-state index in [2.05, 4.69) is 17.3 Å². The van der Waals surface area contributed by atoms with Crippen LogP contribution in [0.15, 0.2) is 12.1 Å². The average molecular weight is 292 g/mol. The summed E-state index contributed by atoms with van der Waals surface area (Å²) in [5, 5.41) is 0. The van der Waals surface area contributed by atoms with Gasteiger partial charge in [-0.1, -0.05) is 13.3 Å². The Bertz CT molecular complexity index is 516. The van der Waals surface area contributed by atoms with Gasteiger partial charge in [-0.05, 0) is 32.4 Å². The number of ether oxygens (including phenoxy) is 1. The zero-order valence-corrected chi connectivity index (χ0v) is 13.0. The Balaban J connectivity index is 2.31. The lowest BCUT2D eigenvalue weighted by molar-refractivity contribution is -0.0370. The molecule has 1 saturated heterocycles. The summed E-state index contributed by atoms with van der Waals surface area (Å²) in [4.78, 5) is 19.1. The molecule has 21 heavy (non-hydrogen) atoms. The molecule has 1 aromatic heterocycles. The van der Waals surface area contributed by atoms with Crippen LogP contribution >= 0.6 is 0 Å². The number of nitrogens with two attached hydrogens (primary N) is 1. The number of carbonyl (C=O) groups is 1. The molecule has 0 atom stereocenters. The van der Waals surface area contributed by atoms with Crippen LogP contribution < -0.4 is 11.3 Å². The molecule has 6 nitrogen and oxygen atoms in total. The Morgan fingerprint density at radius 1 is 1.52 bits per heavy atom. The van der Waals surface area contributed by atoms with E-state index in [-0.39, 0.29) is 11.4 Å². The summed E-state index contributed by atoms with van der Waals surface area (Å²) in [6.07, 6.45) is 1.79. The number of amides is 1. The van der Waals surface area contributed by atoms with Gasteiger partial charge in [0.15, 0.2) is 0 Å². The largest absolute Gasteiger partial charge is 0.377 e. The predicted octanol–water partition coefficient (Wildman–Crippen LogP) is 1.57. The van der Waals surface area contributed by atoms with Crippen LogP contribution in [0.3, 0.4) is 0 Å². The van der Waals surface area contributed by atoms with Gasteiger partial charge in [0.05, 0.1) is 18.8 Å². The Labute approximate surface area is 125 Å². The number of nitrogens with zero attached hydrogens (tertiary/aromatic N) is 2. The van der Waals surface area contributed by atoms with Crippen LogP contribution in [0.25, 0.3) is 0 Å². The second-order valence-electron chi connectivity index (χ2n) is 5.95. The van der Waals surface area contributed by atoms with Gasteiger partial charge in [0.25, 0.3) is 5.91 Å². The molecule has 1 aromatic rings. The lowest BCUT2D eigenvalue weighted by Gasteiger charge is -2.42. The smallest absolute Gasteiger partial charge is 0.254 e. The average Bonchev–Trinajstić information content (AvgIpc) is 2.46. The van der Waals surface area contributed by atoms with Crippen molar-refractivity contribution in [3.63, 3.8) is 0 Å². The maximum Gasteiger partial charge on any atom is 0.254 e. The van der Waals surface area contributed by atoms with Gasteiger partial charge < -0.3 is 15.1 Å². The summed E-state index contributed by atoms with van der Waals surface area (Å²) >= 11 is 0. The number of nitrogen functional groups attached to an aromatic ring is 1. The first-order valence-electron chi connectivity index (χ1n) is 7.35. The van der Waals surface area contributed by atoms with E-state index in [4.69, 9.17) is 10.6 Å². The van der Waals surface area contributed by atoms with Crippen molar-refractivity contribution in [3.05, 3.63) is 23.4 Å². The first-order valence-corrected chi connectivity index (χ1v) is 7.35. The van der Waals surface area contributed by atoms with Gasteiger partial charge in [0.1, 0.15) is 5.82 Å². The molecule has 0 radical (unpaired) electrons.